The average Bonchev–Trinajstić information content (AvgIpc) is 3.14. The van der Waals surface area contributed by atoms with Gasteiger partial charge in [0.25, 0.3) is 5.91 Å². The van der Waals surface area contributed by atoms with Crippen molar-refractivity contribution in [3.63, 3.8) is 0 Å². The maximum Gasteiger partial charge on any atom is 0.289 e. The second kappa shape index (κ2) is 8.27. The Morgan fingerprint density at radius 2 is 1.93 bits per heavy atom. The topological polar surface area (TPSA) is 51.9 Å². The number of hydrogen-bond donors (Lipinski definition) is 0. The summed E-state index contributed by atoms with van der Waals surface area (Å²) < 4.78 is 30.0. The zero-order valence-corrected chi connectivity index (χ0v) is 15.3. The number of benzene rings is 2. The van der Waals surface area contributed by atoms with Gasteiger partial charge in [-0.15, -0.1) is 0 Å². The van der Waals surface area contributed by atoms with Crippen LogP contribution in [0.5, 0.6) is 5.75 Å². The van der Waals surface area contributed by atoms with Crippen LogP contribution in [0.4, 0.5) is 4.39 Å². The summed E-state index contributed by atoms with van der Waals surface area (Å²) in [5.74, 6) is 0.653. The third kappa shape index (κ3) is 4.23. The number of carbonyl (C=O) groups excluding carboxylic acids is 1. The number of nitrogens with zero attached hydrogens (tertiary/aromatic N) is 1. The zero-order chi connectivity index (χ0) is 19.3. The molecule has 5 nitrogen and oxygen atoms in total. The Kier molecular flexibility index (Phi) is 5.39. The van der Waals surface area contributed by atoms with Gasteiger partial charge >= 0.3 is 0 Å². The molecule has 0 aliphatic carbocycles. The van der Waals surface area contributed by atoms with Crippen molar-refractivity contribution in [3.05, 3.63) is 89.1 Å². The van der Waals surface area contributed by atoms with Crippen LogP contribution in [0, 0.1) is 5.82 Å². The lowest BCUT2D eigenvalue weighted by Gasteiger charge is -2.18. The SMILES string of the molecule is O=C(c1ccco1)N1CCOc2ccc(COCc3cccc(F)c3)cc2C1. The highest BCUT2D eigenvalue weighted by molar-refractivity contribution is 5.91. The highest BCUT2D eigenvalue weighted by Crippen LogP contribution is 2.26. The van der Waals surface area contributed by atoms with Crippen LogP contribution in [0.25, 0.3) is 0 Å². The van der Waals surface area contributed by atoms with Crippen LogP contribution in [0.1, 0.15) is 27.2 Å². The monoisotopic (exact) mass is 381 g/mol. The van der Waals surface area contributed by atoms with Crippen molar-refractivity contribution in [2.75, 3.05) is 13.2 Å². The molecule has 144 valence electrons. The molecule has 1 amide bonds. The molecular formula is C22H20FNO4. The summed E-state index contributed by atoms with van der Waals surface area (Å²) in [7, 11) is 0. The molecule has 0 saturated heterocycles. The Hall–Kier alpha value is -3.12. The Bertz CT molecular complexity index is 955. The maximum absolute atomic E-state index is 13.2. The van der Waals surface area contributed by atoms with Crippen LogP contribution in [0.15, 0.2) is 65.3 Å². The minimum absolute atomic E-state index is 0.158. The fourth-order valence-electron chi connectivity index (χ4n) is 3.18. The smallest absolute Gasteiger partial charge is 0.289 e. The van der Waals surface area contributed by atoms with Crippen molar-refractivity contribution in [2.24, 2.45) is 0 Å². The maximum atomic E-state index is 13.2. The van der Waals surface area contributed by atoms with E-state index < -0.39 is 0 Å². The Labute approximate surface area is 162 Å². The second-order valence-electron chi connectivity index (χ2n) is 6.62. The molecule has 0 fully saturated rings. The van der Waals surface area contributed by atoms with Crippen molar-refractivity contribution in [3.8, 4) is 5.75 Å². The Morgan fingerprint density at radius 1 is 1.07 bits per heavy atom. The second-order valence-corrected chi connectivity index (χ2v) is 6.62. The molecule has 0 unspecified atom stereocenters. The largest absolute Gasteiger partial charge is 0.491 e. The fraction of sp³-hybridized carbons (Fsp3) is 0.227. The van der Waals surface area contributed by atoms with Gasteiger partial charge in [0, 0.05) is 12.1 Å². The van der Waals surface area contributed by atoms with E-state index in [9.17, 15) is 9.18 Å². The molecule has 0 radical (unpaired) electrons. The quantitative estimate of drug-likeness (QED) is 0.666. The van der Waals surface area contributed by atoms with Crippen molar-refractivity contribution in [1.82, 2.24) is 4.90 Å². The molecule has 0 bridgehead atoms. The lowest BCUT2D eigenvalue weighted by molar-refractivity contribution is 0.0701. The molecule has 4 rings (SSSR count). The molecule has 0 spiro atoms. The van der Waals surface area contributed by atoms with Gasteiger partial charge in [0.05, 0.1) is 26.0 Å². The summed E-state index contributed by atoms with van der Waals surface area (Å²) in [6, 6.07) is 15.5. The molecule has 2 aromatic carbocycles. The Balaban J connectivity index is 1.42. The van der Waals surface area contributed by atoms with Gasteiger partial charge in [0.15, 0.2) is 5.76 Å². The van der Waals surface area contributed by atoms with Gasteiger partial charge in [0.2, 0.25) is 0 Å². The van der Waals surface area contributed by atoms with Crippen molar-refractivity contribution < 1.29 is 23.1 Å². The number of ether oxygens (including phenoxy) is 2. The summed E-state index contributed by atoms with van der Waals surface area (Å²) in [6.07, 6.45) is 1.49. The number of carbonyl (C=O) groups is 1. The fourth-order valence-corrected chi connectivity index (χ4v) is 3.18. The highest BCUT2D eigenvalue weighted by atomic mass is 19.1. The normalized spacial score (nSPS) is 13.5. The summed E-state index contributed by atoms with van der Waals surface area (Å²) in [6.45, 7) is 2.06. The first-order valence-electron chi connectivity index (χ1n) is 9.08. The third-order valence-corrected chi connectivity index (χ3v) is 4.55. The minimum atomic E-state index is -0.274. The molecule has 28 heavy (non-hydrogen) atoms. The predicted molar refractivity (Wildman–Crippen MR) is 100 cm³/mol. The highest BCUT2D eigenvalue weighted by Gasteiger charge is 2.22. The zero-order valence-electron chi connectivity index (χ0n) is 15.3. The van der Waals surface area contributed by atoms with Gasteiger partial charge in [-0.2, -0.15) is 0 Å². The average molecular weight is 381 g/mol. The Morgan fingerprint density at radius 3 is 2.71 bits per heavy atom. The van der Waals surface area contributed by atoms with E-state index in [1.807, 2.05) is 24.3 Å². The lowest BCUT2D eigenvalue weighted by atomic mass is 10.1. The van der Waals surface area contributed by atoms with E-state index in [2.05, 4.69) is 0 Å². The standard InChI is InChI=1S/C22H20FNO4/c23-19-4-1-3-16(12-19)14-26-15-17-6-7-20-18(11-17)13-24(8-10-28-20)22(25)21-5-2-9-27-21/h1-7,9,11-12H,8,10,13-15H2. The molecule has 1 aliphatic heterocycles. The van der Waals surface area contributed by atoms with Crippen molar-refractivity contribution >= 4 is 5.91 Å². The molecule has 2 heterocycles. The first kappa shape index (κ1) is 18.3. The van der Waals surface area contributed by atoms with E-state index in [1.54, 1.807) is 23.1 Å². The molecule has 0 saturated carbocycles. The van der Waals surface area contributed by atoms with E-state index >= 15 is 0 Å². The van der Waals surface area contributed by atoms with Crippen LogP contribution < -0.4 is 4.74 Å². The van der Waals surface area contributed by atoms with Gasteiger partial charge in [-0.05, 0) is 47.5 Å². The predicted octanol–water partition coefficient (Wildman–Crippen LogP) is 4.17. The molecule has 3 aromatic rings. The first-order valence-corrected chi connectivity index (χ1v) is 9.08. The van der Waals surface area contributed by atoms with Gasteiger partial charge < -0.3 is 18.8 Å². The summed E-state index contributed by atoms with van der Waals surface area (Å²) in [4.78, 5) is 14.3. The van der Waals surface area contributed by atoms with Crippen LogP contribution in [-0.4, -0.2) is 24.0 Å². The van der Waals surface area contributed by atoms with E-state index in [4.69, 9.17) is 13.9 Å². The van der Waals surface area contributed by atoms with E-state index in [0.717, 1.165) is 22.4 Å². The van der Waals surface area contributed by atoms with Crippen molar-refractivity contribution in [1.29, 1.82) is 0 Å². The van der Waals surface area contributed by atoms with Crippen LogP contribution >= 0.6 is 0 Å². The minimum Gasteiger partial charge on any atom is -0.491 e. The molecule has 1 aliphatic rings. The number of halogens is 1. The molecule has 6 heteroatoms. The summed E-state index contributed by atoms with van der Waals surface area (Å²) in [5.41, 5.74) is 2.67. The van der Waals surface area contributed by atoms with E-state index in [0.29, 0.717) is 38.7 Å². The van der Waals surface area contributed by atoms with Gasteiger partial charge in [0.1, 0.15) is 18.2 Å². The third-order valence-electron chi connectivity index (χ3n) is 4.55. The van der Waals surface area contributed by atoms with E-state index in [1.165, 1.54) is 18.4 Å². The van der Waals surface area contributed by atoms with E-state index in [-0.39, 0.29) is 11.7 Å². The first-order chi connectivity index (χ1) is 13.7. The number of furan rings is 1. The van der Waals surface area contributed by atoms with Gasteiger partial charge in [-0.1, -0.05) is 18.2 Å². The number of amides is 1. The van der Waals surface area contributed by atoms with Crippen LogP contribution in [0.3, 0.4) is 0 Å². The number of rotatable bonds is 5. The number of fused-ring (bicyclic) bond motifs is 1. The van der Waals surface area contributed by atoms with Crippen LogP contribution in [-0.2, 0) is 24.5 Å². The van der Waals surface area contributed by atoms with Gasteiger partial charge in [-0.25, -0.2) is 4.39 Å². The summed E-state index contributed by atoms with van der Waals surface area (Å²) >= 11 is 0. The van der Waals surface area contributed by atoms with Crippen LogP contribution in [0.2, 0.25) is 0 Å². The molecule has 1 aromatic heterocycles. The molecular weight excluding hydrogens is 361 g/mol. The van der Waals surface area contributed by atoms with Gasteiger partial charge in [-0.3, -0.25) is 4.79 Å². The summed E-state index contributed by atoms with van der Waals surface area (Å²) in [5, 5.41) is 0. The number of hydrogen-bond acceptors (Lipinski definition) is 4. The molecule has 0 atom stereocenters. The van der Waals surface area contributed by atoms with Crippen molar-refractivity contribution in [2.45, 2.75) is 19.8 Å². The molecule has 0 N–H and O–H groups in total. The lowest BCUT2D eigenvalue weighted by Crippen LogP contribution is -2.32.